The normalized spacial score (nSPS) is 51.6. The van der Waals surface area contributed by atoms with Crippen LogP contribution in [-0.4, -0.2) is 12.1 Å². The molecule has 2 unspecified atom stereocenters. The lowest BCUT2D eigenvalue weighted by atomic mass is 9.43. The van der Waals surface area contributed by atoms with E-state index < -0.39 is 0 Å². The summed E-state index contributed by atoms with van der Waals surface area (Å²) >= 11 is 0. The van der Waals surface area contributed by atoms with Gasteiger partial charge in [0.15, 0.2) is 0 Å². The summed E-state index contributed by atoms with van der Waals surface area (Å²) in [7, 11) is 0. The second-order valence-electron chi connectivity index (χ2n) is 9.80. The zero-order valence-corrected chi connectivity index (χ0v) is 13.6. The van der Waals surface area contributed by atoms with Crippen LogP contribution in [0, 0.1) is 22.7 Å². The van der Waals surface area contributed by atoms with Crippen molar-refractivity contribution in [1.82, 2.24) is 5.32 Å². The molecule has 20 heavy (non-hydrogen) atoms. The van der Waals surface area contributed by atoms with Crippen LogP contribution in [-0.2, 0) is 0 Å². The number of nitrogens with one attached hydrogen (secondary N) is 1. The highest BCUT2D eigenvalue weighted by Gasteiger charge is 2.59. The summed E-state index contributed by atoms with van der Waals surface area (Å²) in [4.78, 5) is 0. The van der Waals surface area contributed by atoms with Gasteiger partial charge < -0.3 is 5.32 Å². The first-order valence-electron chi connectivity index (χ1n) is 9.24. The summed E-state index contributed by atoms with van der Waals surface area (Å²) in [5.41, 5.74) is 1.85. The molecule has 0 aromatic heterocycles. The average molecular weight is 275 g/mol. The zero-order chi connectivity index (χ0) is 13.8. The second kappa shape index (κ2) is 4.48. The molecule has 5 rings (SSSR count). The van der Waals surface area contributed by atoms with Gasteiger partial charge in [0.1, 0.15) is 0 Å². The standard InChI is InChI=1S/C19H33N/c1-17-8-16-9-18(2,12-17)14-19(10-16,13-17)20-11-15-6-4-3-5-7-15/h15-16,20H,3-14H2,1-2H3. The van der Waals surface area contributed by atoms with Crippen molar-refractivity contribution >= 4 is 0 Å². The van der Waals surface area contributed by atoms with E-state index in [1.54, 1.807) is 0 Å². The van der Waals surface area contributed by atoms with Gasteiger partial charge in [0.2, 0.25) is 0 Å². The highest BCUT2D eigenvalue weighted by atomic mass is 15.0. The van der Waals surface area contributed by atoms with E-state index in [1.807, 2.05) is 0 Å². The first kappa shape index (κ1) is 13.6. The molecule has 0 amide bonds. The van der Waals surface area contributed by atoms with E-state index in [2.05, 4.69) is 19.2 Å². The third-order valence-corrected chi connectivity index (χ3v) is 7.12. The molecule has 1 heteroatoms. The molecule has 0 heterocycles. The van der Waals surface area contributed by atoms with Crippen LogP contribution < -0.4 is 5.32 Å². The predicted octanol–water partition coefficient (Wildman–Crippen LogP) is 4.91. The number of hydrogen-bond donors (Lipinski definition) is 1. The van der Waals surface area contributed by atoms with Gasteiger partial charge >= 0.3 is 0 Å². The highest BCUT2D eigenvalue weighted by molar-refractivity contribution is 5.14. The monoisotopic (exact) mass is 275 g/mol. The third-order valence-electron chi connectivity index (χ3n) is 7.12. The van der Waals surface area contributed by atoms with Gasteiger partial charge in [-0.2, -0.15) is 0 Å². The molecule has 0 aromatic rings. The molecule has 114 valence electrons. The largest absolute Gasteiger partial charge is 0.311 e. The first-order valence-corrected chi connectivity index (χ1v) is 9.24. The Labute approximate surface area is 125 Å². The van der Waals surface area contributed by atoms with Crippen LogP contribution in [0.25, 0.3) is 0 Å². The third kappa shape index (κ3) is 2.34. The molecule has 5 fully saturated rings. The van der Waals surface area contributed by atoms with Crippen LogP contribution in [0.2, 0.25) is 0 Å². The van der Waals surface area contributed by atoms with Gasteiger partial charge in [0, 0.05) is 5.54 Å². The molecule has 5 aliphatic carbocycles. The van der Waals surface area contributed by atoms with E-state index in [1.165, 1.54) is 77.2 Å². The molecule has 4 bridgehead atoms. The number of rotatable bonds is 3. The molecule has 0 radical (unpaired) electrons. The van der Waals surface area contributed by atoms with Crippen molar-refractivity contribution in [3.05, 3.63) is 0 Å². The molecule has 0 spiro atoms. The molecule has 5 saturated carbocycles. The molecular formula is C19H33N. The summed E-state index contributed by atoms with van der Waals surface area (Å²) in [6, 6.07) is 0. The Kier molecular flexibility index (Phi) is 3.05. The summed E-state index contributed by atoms with van der Waals surface area (Å²) in [6.45, 7) is 6.50. The van der Waals surface area contributed by atoms with Gasteiger partial charge in [-0.05, 0) is 80.6 Å². The maximum absolute atomic E-state index is 4.15. The molecule has 1 nitrogen and oxygen atoms in total. The van der Waals surface area contributed by atoms with Crippen molar-refractivity contribution in [2.75, 3.05) is 6.54 Å². The fraction of sp³-hybridized carbons (Fsp3) is 1.00. The van der Waals surface area contributed by atoms with Gasteiger partial charge in [-0.1, -0.05) is 33.1 Å². The van der Waals surface area contributed by atoms with Crippen LogP contribution in [0.15, 0.2) is 0 Å². The SMILES string of the molecule is CC12CC3CC(C)(C1)CC(NCC1CCCCC1)(C3)C2. The lowest BCUT2D eigenvalue weighted by Crippen LogP contribution is -2.64. The van der Waals surface area contributed by atoms with Crippen molar-refractivity contribution in [1.29, 1.82) is 0 Å². The van der Waals surface area contributed by atoms with Crippen LogP contribution in [0.3, 0.4) is 0 Å². The average Bonchev–Trinajstić information content (AvgIpc) is 2.33. The van der Waals surface area contributed by atoms with Crippen LogP contribution in [0.5, 0.6) is 0 Å². The quantitative estimate of drug-likeness (QED) is 0.772. The van der Waals surface area contributed by atoms with Crippen LogP contribution in [0.1, 0.15) is 84.5 Å². The fourth-order valence-corrected chi connectivity index (χ4v) is 7.40. The Morgan fingerprint density at radius 2 is 1.50 bits per heavy atom. The minimum absolute atomic E-state index is 0.528. The molecule has 0 saturated heterocycles. The van der Waals surface area contributed by atoms with Crippen molar-refractivity contribution in [3.8, 4) is 0 Å². The molecule has 2 atom stereocenters. The minimum atomic E-state index is 0.528. The predicted molar refractivity (Wildman–Crippen MR) is 84.7 cm³/mol. The summed E-state index contributed by atoms with van der Waals surface area (Å²) in [5.74, 6) is 2.01. The van der Waals surface area contributed by atoms with Gasteiger partial charge in [-0.25, -0.2) is 0 Å². The Morgan fingerprint density at radius 1 is 0.850 bits per heavy atom. The van der Waals surface area contributed by atoms with Gasteiger partial charge in [-0.3, -0.25) is 0 Å². The summed E-state index contributed by atoms with van der Waals surface area (Å²) in [5, 5.41) is 4.15. The lowest BCUT2D eigenvalue weighted by Gasteiger charge is -2.65. The Bertz CT molecular complexity index is 363. The van der Waals surface area contributed by atoms with Crippen molar-refractivity contribution < 1.29 is 0 Å². The summed E-state index contributed by atoms with van der Waals surface area (Å²) < 4.78 is 0. The highest BCUT2D eigenvalue weighted by Crippen LogP contribution is 2.66. The van der Waals surface area contributed by atoms with Gasteiger partial charge in [0.25, 0.3) is 0 Å². The van der Waals surface area contributed by atoms with E-state index in [0.717, 1.165) is 11.8 Å². The molecule has 1 N–H and O–H groups in total. The van der Waals surface area contributed by atoms with E-state index in [9.17, 15) is 0 Å². The van der Waals surface area contributed by atoms with Crippen LogP contribution >= 0.6 is 0 Å². The maximum Gasteiger partial charge on any atom is 0.0194 e. The minimum Gasteiger partial charge on any atom is -0.311 e. The van der Waals surface area contributed by atoms with Crippen molar-refractivity contribution in [2.45, 2.75) is 90.0 Å². The second-order valence-corrected chi connectivity index (χ2v) is 9.80. The maximum atomic E-state index is 4.15. The fourth-order valence-electron chi connectivity index (χ4n) is 7.40. The van der Waals surface area contributed by atoms with E-state index in [0.29, 0.717) is 16.4 Å². The molecule has 0 aromatic carbocycles. The molecule has 0 aliphatic heterocycles. The Balaban J connectivity index is 1.46. The van der Waals surface area contributed by atoms with Crippen molar-refractivity contribution in [3.63, 3.8) is 0 Å². The summed E-state index contributed by atoms with van der Waals surface area (Å²) in [6.07, 6.45) is 16.4. The van der Waals surface area contributed by atoms with Crippen molar-refractivity contribution in [2.24, 2.45) is 22.7 Å². The lowest BCUT2D eigenvalue weighted by molar-refractivity contribution is -0.118. The van der Waals surface area contributed by atoms with Gasteiger partial charge in [0.05, 0.1) is 0 Å². The van der Waals surface area contributed by atoms with E-state index in [4.69, 9.17) is 0 Å². The first-order chi connectivity index (χ1) is 9.49. The van der Waals surface area contributed by atoms with E-state index >= 15 is 0 Å². The zero-order valence-electron chi connectivity index (χ0n) is 13.6. The molecule has 5 aliphatic rings. The van der Waals surface area contributed by atoms with Crippen LogP contribution in [0.4, 0.5) is 0 Å². The Morgan fingerprint density at radius 3 is 2.10 bits per heavy atom. The smallest absolute Gasteiger partial charge is 0.0194 e. The Hall–Kier alpha value is -0.0400. The van der Waals surface area contributed by atoms with Gasteiger partial charge in [-0.15, -0.1) is 0 Å². The molecular weight excluding hydrogens is 242 g/mol. The topological polar surface area (TPSA) is 12.0 Å². The number of hydrogen-bond acceptors (Lipinski definition) is 1. The van der Waals surface area contributed by atoms with E-state index in [-0.39, 0.29) is 0 Å².